The van der Waals surface area contributed by atoms with Crippen LogP contribution in [0, 0.1) is 29.6 Å². The minimum absolute atomic E-state index is 0.149. The summed E-state index contributed by atoms with van der Waals surface area (Å²) in [5.74, 6) is 0.917. The number of ether oxygens (including phenoxy) is 1. The number of nitrogen functional groups attached to an aromatic ring is 1. The summed E-state index contributed by atoms with van der Waals surface area (Å²) in [5.41, 5.74) is 11.5. The van der Waals surface area contributed by atoms with Gasteiger partial charge in [0.15, 0.2) is 0 Å². The number of nitrogens with two attached hydrogens (primary N) is 1. The van der Waals surface area contributed by atoms with Gasteiger partial charge in [0.2, 0.25) is 0 Å². The summed E-state index contributed by atoms with van der Waals surface area (Å²) in [7, 11) is 0. The zero-order chi connectivity index (χ0) is 21.4. The van der Waals surface area contributed by atoms with Gasteiger partial charge in [-0.2, -0.15) is 10.5 Å². The van der Waals surface area contributed by atoms with Crippen molar-refractivity contribution in [1.29, 1.82) is 10.5 Å². The van der Waals surface area contributed by atoms with E-state index in [-0.39, 0.29) is 5.82 Å². The first kappa shape index (κ1) is 19.2. The standard InChI is InChI=1S/C25H20N4O/c1-4-30-22-10-9-16-7-5-6-8-17(16)19(22)11-18-14(2)20(12-26)24-23(18)15(3)21(13-27)25(28)29-24/h5-11H,4H2,1-3H3,(H2,28,29)/b18-11-. The van der Waals surface area contributed by atoms with E-state index in [0.717, 1.165) is 44.4 Å². The van der Waals surface area contributed by atoms with E-state index < -0.39 is 0 Å². The fraction of sp³-hybridized carbons (Fsp3) is 0.160. The Morgan fingerprint density at radius 1 is 1.10 bits per heavy atom. The first-order chi connectivity index (χ1) is 14.5. The van der Waals surface area contributed by atoms with Crippen molar-refractivity contribution in [3.05, 3.63) is 69.9 Å². The van der Waals surface area contributed by atoms with E-state index in [9.17, 15) is 10.5 Å². The molecule has 4 rings (SSSR count). The molecule has 0 atom stereocenters. The number of allylic oxidation sites excluding steroid dienone is 3. The molecule has 3 aromatic rings. The number of rotatable bonds is 3. The molecule has 0 saturated carbocycles. The molecule has 1 aliphatic carbocycles. The first-order valence-corrected chi connectivity index (χ1v) is 9.70. The van der Waals surface area contributed by atoms with Gasteiger partial charge in [-0.3, -0.25) is 0 Å². The molecular weight excluding hydrogens is 372 g/mol. The molecular formula is C25H20N4O. The Morgan fingerprint density at radius 3 is 2.57 bits per heavy atom. The zero-order valence-electron chi connectivity index (χ0n) is 17.1. The van der Waals surface area contributed by atoms with E-state index in [0.29, 0.717) is 23.4 Å². The Kier molecular flexibility index (Phi) is 4.74. The predicted octanol–water partition coefficient (Wildman–Crippen LogP) is 5.25. The maximum absolute atomic E-state index is 9.78. The van der Waals surface area contributed by atoms with E-state index in [1.165, 1.54) is 0 Å². The molecule has 5 heteroatoms. The van der Waals surface area contributed by atoms with Crippen molar-refractivity contribution in [2.24, 2.45) is 0 Å². The molecule has 30 heavy (non-hydrogen) atoms. The Bertz CT molecular complexity index is 1350. The second-order valence-corrected chi connectivity index (χ2v) is 7.13. The average Bonchev–Trinajstić information content (AvgIpc) is 3.00. The van der Waals surface area contributed by atoms with Crippen LogP contribution in [0.2, 0.25) is 0 Å². The summed E-state index contributed by atoms with van der Waals surface area (Å²) in [6.45, 7) is 6.24. The van der Waals surface area contributed by atoms with Gasteiger partial charge in [-0.15, -0.1) is 0 Å². The summed E-state index contributed by atoms with van der Waals surface area (Å²) in [4.78, 5) is 4.40. The van der Waals surface area contributed by atoms with Crippen molar-refractivity contribution in [3.8, 4) is 17.9 Å². The molecule has 0 spiro atoms. The minimum atomic E-state index is 0.149. The first-order valence-electron chi connectivity index (χ1n) is 9.70. The highest BCUT2D eigenvalue weighted by Gasteiger charge is 2.30. The fourth-order valence-electron chi connectivity index (χ4n) is 4.05. The molecule has 1 aromatic heterocycles. The summed E-state index contributed by atoms with van der Waals surface area (Å²) >= 11 is 0. The number of anilines is 1. The van der Waals surface area contributed by atoms with Gasteiger partial charge in [0.1, 0.15) is 23.7 Å². The molecule has 0 unspecified atom stereocenters. The van der Waals surface area contributed by atoms with Crippen LogP contribution < -0.4 is 10.5 Å². The van der Waals surface area contributed by atoms with Crippen molar-refractivity contribution in [2.45, 2.75) is 20.8 Å². The van der Waals surface area contributed by atoms with Crippen molar-refractivity contribution >= 4 is 33.8 Å². The summed E-state index contributed by atoms with van der Waals surface area (Å²) in [6.07, 6.45) is 2.04. The van der Waals surface area contributed by atoms with Crippen LogP contribution in [0.4, 0.5) is 5.82 Å². The number of benzene rings is 2. The average molecular weight is 392 g/mol. The van der Waals surface area contributed by atoms with Crippen molar-refractivity contribution in [1.82, 2.24) is 4.98 Å². The molecule has 0 radical (unpaired) electrons. The van der Waals surface area contributed by atoms with Crippen LogP contribution in [-0.4, -0.2) is 11.6 Å². The molecule has 2 aromatic carbocycles. The van der Waals surface area contributed by atoms with Crippen LogP contribution in [0.1, 0.15) is 41.8 Å². The maximum atomic E-state index is 9.78. The number of pyridine rings is 1. The number of hydrogen-bond donors (Lipinski definition) is 1. The summed E-state index contributed by atoms with van der Waals surface area (Å²) in [5, 5.41) is 21.5. The van der Waals surface area contributed by atoms with E-state index in [2.05, 4.69) is 29.3 Å². The van der Waals surface area contributed by atoms with Gasteiger partial charge in [-0.1, -0.05) is 30.3 Å². The van der Waals surface area contributed by atoms with E-state index in [4.69, 9.17) is 10.5 Å². The molecule has 0 aliphatic heterocycles. The number of aromatic nitrogens is 1. The van der Waals surface area contributed by atoms with Crippen LogP contribution in [0.15, 0.2) is 42.0 Å². The quantitative estimate of drug-likeness (QED) is 0.657. The third-order valence-electron chi connectivity index (χ3n) is 5.50. The lowest BCUT2D eigenvalue weighted by Gasteiger charge is -2.14. The van der Waals surface area contributed by atoms with E-state index in [1.807, 2.05) is 51.1 Å². The third-order valence-corrected chi connectivity index (χ3v) is 5.50. The molecule has 0 fully saturated rings. The molecule has 0 bridgehead atoms. The largest absolute Gasteiger partial charge is 0.493 e. The summed E-state index contributed by atoms with van der Waals surface area (Å²) < 4.78 is 5.91. The molecule has 146 valence electrons. The van der Waals surface area contributed by atoms with Crippen LogP contribution in [-0.2, 0) is 0 Å². The second-order valence-electron chi connectivity index (χ2n) is 7.13. The SMILES string of the molecule is CCOc1ccc2ccccc2c1/C=C1/C(C)=C(C#N)c2nc(N)c(C#N)c(C)c21. The van der Waals surface area contributed by atoms with Gasteiger partial charge in [0.05, 0.1) is 23.4 Å². The molecule has 1 heterocycles. The minimum Gasteiger partial charge on any atom is -0.493 e. The molecule has 0 saturated heterocycles. The van der Waals surface area contributed by atoms with E-state index in [1.54, 1.807) is 0 Å². The van der Waals surface area contributed by atoms with Crippen molar-refractivity contribution in [3.63, 3.8) is 0 Å². The maximum Gasteiger partial charge on any atom is 0.142 e. The van der Waals surface area contributed by atoms with Crippen molar-refractivity contribution < 1.29 is 4.74 Å². The summed E-state index contributed by atoms with van der Waals surface area (Å²) in [6, 6.07) is 16.5. The fourth-order valence-corrected chi connectivity index (χ4v) is 4.05. The normalized spacial score (nSPS) is 14.0. The highest BCUT2D eigenvalue weighted by molar-refractivity contribution is 6.11. The molecule has 1 aliphatic rings. The Hall–Kier alpha value is -4.09. The van der Waals surface area contributed by atoms with Gasteiger partial charge >= 0.3 is 0 Å². The Labute approximate surface area is 175 Å². The van der Waals surface area contributed by atoms with Crippen LogP contribution in [0.5, 0.6) is 5.75 Å². The second kappa shape index (κ2) is 7.39. The zero-order valence-corrected chi connectivity index (χ0v) is 17.1. The Morgan fingerprint density at radius 2 is 1.87 bits per heavy atom. The Balaban J connectivity index is 2.09. The third kappa shape index (κ3) is 2.80. The number of hydrogen-bond acceptors (Lipinski definition) is 5. The number of fused-ring (bicyclic) bond motifs is 2. The monoisotopic (exact) mass is 392 g/mol. The van der Waals surface area contributed by atoms with Crippen LogP contribution >= 0.6 is 0 Å². The highest BCUT2D eigenvalue weighted by atomic mass is 16.5. The van der Waals surface area contributed by atoms with Crippen molar-refractivity contribution in [2.75, 3.05) is 12.3 Å². The lowest BCUT2D eigenvalue weighted by Crippen LogP contribution is -2.04. The van der Waals surface area contributed by atoms with Gasteiger partial charge in [0.25, 0.3) is 0 Å². The predicted molar refractivity (Wildman–Crippen MR) is 119 cm³/mol. The van der Waals surface area contributed by atoms with Crippen LogP contribution in [0.25, 0.3) is 28.0 Å². The molecule has 2 N–H and O–H groups in total. The van der Waals surface area contributed by atoms with E-state index >= 15 is 0 Å². The van der Waals surface area contributed by atoms with Gasteiger partial charge < -0.3 is 10.5 Å². The smallest absolute Gasteiger partial charge is 0.142 e. The number of nitrogens with zero attached hydrogens (tertiary/aromatic N) is 3. The molecule has 0 amide bonds. The van der Waals surface area contributed by atoms with Gasteiger partial charge in [-0.05, 0) is 60.4 Å². The number of nitriles is 2. The van der Waals surface area contributed by atoms with Gasteiger partial charge in [-0.25, -0.2) is 4.98 Å². The van der Waals surface area contributed by atoms with Crippen LogP contribution in [0.3, 0.4) is 0 Å². The topological polar surface area (TPSA) is 95.7 Å². The lowest BCUT2D eigenvalue weighted by molar-refractivity contribution is 0.340. The highest BCUT2D eigenvalue weighted by Crippen LogP contribution is 2.45. The molecule has 5 nitrogen and oxygen atoms in total. The van der Waals surface area contributed by atoms with Gasteiger partial charge in [0, 0.05) is 11.1 Å². The lowest BCUT2D eigenvalue weighted by atomic mass is 9.94.